The van der Waals surface area contributed by atoms with E-state index in [9.17, 15) is 9.59 Å². The third-order valence-corrected chi connectivity index (χ3v) is 4.42. The highest BCUT2D eigenvalue weighted by Gasteiger charge is 2.22. The normalized spacial score (nSPS) is 15.0. The summed E-state index contributed by atoms with van der Waals surface area (Å²) in [5.74, 6) is -0.170. The molecular weight excluding hydrogens is 354 g/mol. The second kappa shape index (κ2) is 8.67. The molecule has 1 fully saturated rings. The summed E-state index contributed by atoms with van der Waals surface area (Å²) in [6, 6.07) is 10.8. The molecule has 0 aliphatic carbocycles. The van der Waals surface area contributed by atoms with Crippen molar-refractivity contribution in [1.82, 2.24) is 10.3 Å². The van der Waals surface area contributed by atoms with Crippen molar-refractivity contribution in [3.63, 3.8) is 0 Å². The van der Waals surface area contributed by atoms with Crippen LogP contribution in [0.25, 0.3) is 11.3 Å². The molecule has 1 aromatic heterocycles. The summed E-state index contributed by atoms with van der Waals surface area (Å²) in [7, 11) is 0. The highest BCUT2D eigenvalue weighted by molar-refractivity contribution is 6.35. The molecule has 0 radical (unpaired) electrons. The van der Waals surface area contributed by atoms with Gasteiger partial charge in [-0.1, -0.05) is 36.6 Å². The van der Waals surface area contributed by atoms with Crippen molar-refractivity contribution in [1.29, 1.82) is 0 Å². The van der Waals surface area contributed by atoms with E-state index in [2.05, 4.69) is 10.5 Å². The van der Waals surface area contributed by atoms with Crippen molar-refractivity contribution < 1.29 is 14.0 Å². The maximum atomic E-state index is 12.1. The van der Waals surface area contributed by atoms with E-state index in [1.54, 1.807) is 29.2 Å². The summed E-state index contributed by atoms with van der Waals surface area (Å²) in [5.41, 5.74) is 3.11. The first kappa shape index (κ1) is 18.2. The van der Waals surface area contributed by atoms with Gasteiger partial charge < -0.3 is 9.32 Å². The first-order valence-electron chi connectivity index (χ1n) is 8.61. The van der Waals surface area contributed by atoms with Gasteiger partial charge in [0.15, 0.2) is 0 Å². The summed E-state index contributed by atoms with van der Waals surface area (Å²) >= 11 is 5.97. The highest BCUT2D eigenvalue weighted by atomic mass is 35.5. The molecule has 2 heterocycles. The number of benzene rings is 1. The number of hydrazone groups is 1. The van der Waals surface area contributed by atoms with E-state index in [1.165, 1.54) is 6.21 Å². The van der Waals surface area contributed by atoms with Crippen LogP contribution < -0.4 is 5.43 Å². The lowest BCUT2D eigenvalue weighted by molar-refractivity contribution is -0.145. The van der Waals surface area contributed by atoms with Gasteiger partial charge >= 0.3 is 11.8 Å². The second-order valence-electron chi connectivity index (χ2n) is 6.12. The molecule has 0 spiro atoms. The molecule has 2 aromatic rings. The topological polar surface area (TPSA) is 74.9 Å². The molecule has 6 nitrogen and oxygen atoms in total. The maximum Gasteiger partial charge on any atom is 0.329 e. The fraction of sp³-hybridized carbons (Fsp3) is 0.316. The quantitative estimate of drug-likeness (QED) is 0.508. The van der Waals surface area contributed by atoms with Crippen molar-refractivity contribution in [2.75, 3.05) is 13.1 Å². The Hall–Kier alpha value is -2.60. The third-order valence-electron chi connectivity index (χ3n) is 4.18. The predicted molar refractivity (Wildman–Crippen MR) is 99.9 cm³/mol. The molecule has 0 bridgehead atoms. The van der Waals surface area contributed by atoms with Crippen molar-refractivity contribution >= 4 is 29.6 Å². The zero-order valence-corrected chi connectivity index (χ0v) is 15.0. The Morgan fingerprint density at radius 2 is 1.88 bits per heavy atom. The van der Waals surface area contributed by atoms with Gasteiger partial charge in [-0.05, 0) is 37.1 Å². The Balaban J connectivity index is 1.56. The van der Waals surface area contributed by atoms with Crippen molar-refractivity contribution in [3.05, 3.63) is 47.2 Å². The van der Waals surface area contributed by atoms with Gasteiger partial charge in [0.25, 0.3) is 0 Å². The minimum Gasteiger partial charge on any atom is -0.455 e. The zero-order valence-electron chi connectivity index (χ0n) is 14.3. The van der Waals surface area contributed by atoms with Gasteiger partial charge in [-0.25, -0.2) is 5.43 Å². The van der Waals surface area contributed by atoms with Gasteiger partial charge in [0.05, 0.1) is 6.21 Å². The van der Waals surface area contributed by atoms with Gasteiger partial charge in [0.1, 0.15) is 11.5 Å². The highest BCUT2D eigenvalue weighted by Crippen LogP contribution is 2.24. The predicted octanol–water partition coefficient (Wildman–Crippen LogP) is 3.45. The molecule has 136 valence electrons. The SMILES string of the molecule is O=C(N/N=C/c1ccc(-c2cccc(Cl)c2)o1)C(=O)N1CCCCCC1. The second-order valence-corrected chi connectivity index (χ2v) is 6.55. The molecule has 1 aliphatic rings. The number of nitrogens with one attached hydrogen (secondary N) is 1. The number of rotatable bonds is 3. The molecule has 7 heteroatoms. The number of nitrogens with zero attached hydrogens (tertiary/aromatic N) is 2. The summed E-state index contributed by atoms with van der Waals surface area (Å²) in [6.07, 6.45) is 5.41. The number of hydrogen-bond donors (Lipinski definition) is 1. The van der Waals surface area contributed by atoms with Crippen LogP contribution in [0.2, 0.25) is 5.02 Å². The van der Waals surface area contributed by atoms with Gasteiger partial charge in [0, 0.05) is 23.7 Å². The first-order chi connectivity index (χ1) is 12.6. The molecule has 2 amide bonds. The number of halogens is 1. The number of hydrogen-bond acceptors (Lipinski definition) is 4. The van der Waals surface area contributed by atoms with Crippen LogP contribution in [0.5, 0.6) is 0 Å². The van der Waals surface area contributed by atoms with Crippen LogP contribution in [0, 0.1) is 0 Å². The van der Waals surface area contributed by atoms with E-state index in [0.29, 0.717) is 29.6 Å². The van der Waals surface area contributed by atoms with E-state index in [4.69, 9.17) is 16.0 Å². The Morgan fingerprint density at radius 3 is 2.62 bits per heavy atom. The summed E-state index contributed by atoms with van der Waals surface area (Å²) in [6.45, 7) is 1.24. The average Bonchev–Trinajstić information content (AvgIpc) is 2.94. The Labute approximate surface area is 156 Å². The summed E-state index contributed by atoms with van der Waals surface area (Å²) in [4.78, 5) is 25.7. The number of carbonyl (C=O) groups excluding carboxylic acids is 2. The minimum atomic E-state index is -0.732. The largest absolute Gasteiger partial charge is 0.455 e. The van der Waals surface area contributed by atoms with Crippen LogP contribution in [-0.4, -0.2) is 36.0 Å². The summed E-state index contributed by atoms with van der Waals surface area (Å²) < 4.78 is 5.65. The first-order valence-corrected chi connectivity index (χ1v) is 8.99. The van der Waals surface area contributed by atoms with Crippen molar-refractivity contribution in [2.24, 2.45) is 5.10 Å². The Bertz CT molecular complexity index is 808. The fourth-order valence-electron chi connectivity index (χ4n) is 2.84. The molecule has 3 rings (SSSR count). The molecule has 0 atom stereocenters. The van der Waals surface area contributed by atoms with Crippen LogP contribution in [0.3, 0.4) is 0 Å². The standard InChI is InChI=1S/C19H20ClN3O3/c20-15-7-5-6-14(12-15)17-9-8-16(26-17)13-21-22-18(24)19(25)23-10-3-1-2-4-11-23/h5-9,12-13H,1-4,10-11H2,(H,22,24)/b21-13+. The van der Waals surface area contributed by atoms with Gasteiger partial charge in [-0.15, -0.1) is 0 Å². The lowest BCUT2D eigenvalue weighted by atomic mass is 10.2. The van der Waals surface area contributed by atoms with Gasteiger partial charge in [0.2, 0.25) is 0 Å². The molecule has 0 unspecified atom stereocenters. The maximum absolute atomic E-state index is 12.1. The van der Waals surface area contributed by atoms with Crippen molar-refractivity contribution in [2.45, 2.75) is 25.7 Å². The third kappa shape index (κ3) is 4.73. The van der Waals surface area contributed by atoms with Crippen LogP contribution >= 0.6 is 11.6 Å². The number of carbonyl (C=O) groups is 2. The Kier molecular flexibility index (Phi) is 6.07. The summed E-state index contributed by atoms with van der Waals surface area (Å²) in [5, 5.41) is 4.43. The lowest BCUT2D eigenvalue weighted by Gasteiger charge is -2.18. The van der Waals surface area contributed by atoms with Crippen LogP contribution in [0.4, 0.5) is 0 Å². The smallest absolute Gasteiger partial charge is 0.329 e. The Morgan fingerprint density at radius 1 is 1.12 bits per heavy atom. The van der Waals surface area contributed by atoms with E-state index < -0.39 is 11.8 Å². The van der Waals surface area contributed by atoms with Gasteiger partial charge in [-0.2, -0.15) is 5.10 Å². The van der Waals surface area contributed by atoms with E-state index in [1.807, 2.05) is 12.1 Å². The molecule has 26 heavy (non-hydrogen) atoms. The average molecular weight is 374 g/mol. The molecule has 1 N–H and O–H groups in total. The van der Waals surface area contributed by atoms with Crippen LogP contribution in [-0.2, 0) is 9.59 Å². The molecule has 0 saturated carbocycles. The van der Waals surface area contributed by atoms with E-state index in [0.717, 1.165) is 31.2 Å². The van der Waals surface area contributed by atoms with Crippen LogP contribution in [0.1, 0.15) is 31.4 Å². The minimum absolute atomic E-state index is 0.461. The monoisotopic (exact) mass is 373 g/mol. The molecule has 1 aliphatic heterocycles. The zero-order chi connectivity index (χ0) is 18.4. The lowest BCUT2D eigenvalue weighted by Crippen LogP contribution is -2.41. The van der Waals surface area contributed by atoms with E-state index >= 15 is 0 Å². The molecule has 1 saturated heterocycles. The van der Waals surface area contributed by atoms with Crippen molar-refractivity contribution in [3.8, 4) is 11.3 Å². The fourth-order valence-corrected chi connectivity index (χ4v) is 3.03. The number of likely N-dealkylation sites (tertiary alicyclic amines) is 1. The van der Waals surface area contributed by atoms with Gasteiger partial charge in [-0.3, -0.25) is 9.59 Å². The molecule has 1 aromatic carbocycles. The number of amides is 2. The van der Waals surface area contributed by atoms with E-state index in [-0.39, 0.29) is 0 Å². The molecular formula is C19H20ClN3O3. The number of furan rings is 1. The van der Waals surface area contributed by atoms with Crippen LogP contribution in [0.15, 0.2) is 45.9 Å².